The summed E-state index contributed by atoms with van der Waals surface area (Å²) in [4.78, 5) is 7.49. The predicted molar refractivity (Wildman–Crippen MR) is 199 cm³/mol. The fourth-order valence-corrected chi connectivity index (χ4v) is 6.69. The SMILES string of the molecule is c1ccc(N(c2ccccc2)c2cccc(-c3nnc(-c4cccc(-n5c6ccccc6c6ccccc65)n4)n3-c3ccccc3)c2)cc1. The molecule has 0 N–H and O–H groups in total. The van der Waals surface area contributed by atoms with Gasteiger partial charge in [-0.25, -0.2) is 4.98 Å². The van der Waals surface area contributed by atoms with Crippen LogP contribution < -0.4 is 4.90 Å². The van der Waals surface area contributed by atoms with E-state index in [0.717, 1.165) is 56.7 Å². The number of para-hydroxylation sites is 5. The molecule has 49 heavy (non-hydrogen) atoms. The van der Waals surface area contributed by atoms with Gasteiger partial charge in [-0.3, -0.25) is 9.13 Å². The molecule has 3 heterocycles. The van der Waals surface area contributed by atoms with E-state index in [1.807, 2.05) is 42.5 Å². The van der Waals surface area contributed by atoms with Gasteiger partial charge in [-0.2, -0.15) is 0 Å². The highest BCUT2D eigenvalue weighted by Gasteiger charge is 2.21. The molecule has 0 radical (unpaired) electrons. The maximum Gasteiger partial charge on any atom is 0.187 e. The largest absolute Gasteiger partial charge is 0.310 e. The van der Waals surface area contributed by atoms with E-state index < -0.39 is 0 Å². The quantitative estimate of drug-likeness (QED) is 0.176. The number of benzene rings is 6. The summed E-state index contributed by atoms with van der Waals surface area (Å²) in [6, 6.07) is 62.6. The Hall–Kier alpha value is -6.79. The monoisotopic (exact) mass is 630 g/mol. The zero-order valence-electron chi connectivity index (χ0n) is 26.5. The summed E-state index contributed by atoms with van der Waals surface area (Å²) in [6.07, 6.45) is 0. The molecule has 6 heteroatoms. The van der Waals surface area contributed by atoms with E-state index in [2.05, 4.69) is 154 Å². The van der Waals surface area contributed by atoms with Crippen molar-refractivity contribution in [2.45, 2.75) is 0 Å². The van der Waals surface area contributed by atoms with Crippen molar-refractivity contribution in [3.63, 3.8) is 0 Å². The standard InChI is InChI=1S/C43H30N6/c1-4-17-32(18-5-1)47(33-19-6-2-7-20-33)35-23-14-16-31(30-35)42-45-46-43(48(42)34-21-8-3-9-22-34)38-26-15-29-41(44-38)49-39-27-12-10-24-36(39)37-25-11-13-28-40(37)49/h1-30H. The normalized spacial score (nSPS) is 11.3. The van der Waals surface area contributed by atoms with E-state index in [9.17, 15) is 0 Å². The van der Waals surface area contributed by atoms with Crippen molar-refractivity contribution in [3.05, 3.63) is 182 Å². The van der Waals surface area contributed by atoms with Gasteiger partial charge >= 0.3 is 0 Å². The number of nitrogens with zero attached hydrogens (tertiary/aromatic N) is 6. The van der Waals surface area contributed by atoms with Gasteiger partial charge in [-0.15, -0.1) is 10.2 Å². The Morgan fingerprint density at radius 1 is 0.408 bits per heavy atom. The number of anilines is 3. The van der Waals surface area contributed by atoms with Crippen LogP contribution in [0.25, 0.3) is 56.2 Å². The van der Waals surface area contributed by atoms with Crippen LogP contribution in [-0.4, -0.2) is 24.3 Å². The third-order valence-electron chi connectivity index (χ3n) is 8.84. The molecule has 0 spiro atoms. The summed E-state index contributed by atoms with van der Waals surface area (Å²) in [5.41, 5.74) is 8.00. The van der Waals surface area contributed by atoms with Crippen LogP contribution in [0, 0.1) is 0 Å². The molecule has 0 aliphatic carbocycles. The Labute approximate surface area is 283 Å². The molecule has 0 saturated carbocycles. The number of hydrogen-bond acceptors (Lipinski definition) is 4. The molecule has 232 valence electrons. The molecular weight excluding hydrogens is 601 g/mol. The lowest BCUT2D eigenvalue weighted by Crippen LogP contribution is -2.10. The first-order valence-corrected chi connectivity index (χ1v) is 16.3. The van der Waals surface area contributed by atoms with Crippen LogP contribution in [0.3, 0.4) is 0 Å². The first-order valence-electron chi connectivity index (χ1n) is 16.3. The molecule has 0 amide bonds. The first-order chi connectivity index (χ1) is 24.3. The average molecular weight is 631 g/mol. The van der Waals surface area contributed by atoms with Crippen molar-refractivity contribution in [1.82, 2.24) is 24.3 Å². The van der Waals surface area contributed by atoms with Gasteiger partial charge < -0.3 is 4.90 Å². The van der Waals surface area contributed by atoms with Gasteiger partial charge in [0.05, 0.1) is 11.0 Å². The average Bonchev–Trinajstić information content (AvgIpc) is 3.77. The number of hydrogen-bond donors (Lipinski definition) is 0. The molecule has 6 aromatic carbocycles. The summed E-state index contributed by atoms with van der Waals surface area (Å²) in [5.74, 6) is 2.22. The Bertz CT molecular complexity index is 2460. The van der Waals surface area contributed by atoms with Crippen LogP contribution in [0.1, 0.15) is 0 Å². The molecule has 9 aromatic rings. The number of rotatable bonds is 7. The van der Waals surface area contributed by atoms with E-state index in [4.69, 9.17) is 15.2 Å². The summed E-state index contributed by atoms with van der Waals surface area (Å²) < 4.78 is 4.33. The van der Waals surface area contributed by atoms with Crippen molar-refractivity contribution in [1.29, 1.82) is 0 Å². The van der Waals surface area contributed by atoms with E-state index in [1.165, 1.54) is 10.8 Å². The third-order valence-corrected chi connectivity index (χ3v) is 8.84. The van der Waals surface area contributed by atoms with Gasteiger partial charge in [0.2, 0.25) is 0 Å². The van der Waals surface area contributed by atoms with Gasteiger partial charge in [0.15, 0.2) is 11.6 Å². The summed E-state index contributed by atoms with van der Waals surface area (Å²) in [5, 5.41) is 12.0. The zero-order chi connectivity index (χ0) is 32.6. The molecular formula is C43H30N6. The molecule has 3 aromatic heterocycles. The lowest BCUT2D eigenvalue weighted by molar-refractivity contribution is 1.03. The van der Waals surface area contributed by atoms with Crippen molar-refractivity contribution in [2.24, 2.45) is 0 Å². The Balaban J connectivity index is 1.21. The molecule has 0 saturated heterocycles. The second kappa shape index (κ2) is 12.1. The van der Waals surface area contributed by atoms with Gasteiger partial charge in [0.1, 0.15) is 11.5 Å². The minimum atomic E-state index is 0.664. The van der Waals surface area contributed by atoms with E-state index in [1.54, 1.807) is 0 Å². The lowest BCUT2D eigenvalue weighted by atomic mass is 10.1. The Morgan fingerprint density at radius 2 is 0.939 bits per heavy atom. The second-order valence-electron chi connectivity index (χ2n) is 11.8. The fourth-order valence-electron chi connectivity index (χ4n) is 6.69. The van der Waals surface area contributed by atoms with Crippen LogP contribution in [0.2, 0.25) is 0 Å². The fraction of sp³-hybridized carbons (Fsp3) is 0. The van der Waals surface area contributed by atoms with Crippen molar-refractivity contribution in [2.75, 3.05) is 4.90 Å². The minimum absolute atomic E-state index is 0.664. The molecule has 0 aliphatic rings. The summed E-state index contributed by atoms with van der Waals surface area (Å²) >= 11 is 0. The second-order valence-corrected chi connectivity index (χ2v) is 11.8. The van der Waals surface area contributed by atoms with Crippen molar-refractivity contribution in [3.8, 4) is 34.4 Å². The zero-order valence-corrected chi connectivity index (χ0v) is 26.5. The molecule has 6 nitrogen and oxygen atoms in total. The van der Waals surface area contributed by atoms with E-state index in [-0.39, 0.29) is 0 Å². The number of aromatic nitrogens is 5. The lowest BCUT2D eigenvalue weighted by Gasteiger charge is -2.25. The van der Waals surface area contributed by atoms with Crippen LogP contribution in [0.15, 0.2) is 182 Å². The molecule has 9 rings (SSSR count). The summed E-state index contributed by atoms with van der Waals surface area (Å²) in [7, 11) is 0. The topological polar surface area (TPSA) is 51.8 Å². The Morgan fingerprint density at radius 3 is 1.59 bits per heavy atom. The predicted octanol–water partition coefficient (Wildman–Crippen LogP) is 10.6. The van der Waals surface area contributed by atoms with Gasteiger partial charge in [-0.05, 0) is 72.8 Å². The smallest absolute Gasteiger partial charge is 0.187 e. The maximum atomic E-state index is 5.24. The number of fused-ring (bicyclic) bond motifs is 3. The molecule has 0 fully saturated rings. The van der Waals surface area contributed by atoms with Gasteiger partial charge in [0, 0.05) is 39.1 Å². The van der Waals surface area contributed by atoms with Gasteiger partial charge in [-0.1, -0.05) is 109 Å². The van der Waals surface area contributed by atoms with Crippen molar-refractivity contribution >= 4 is 38.9 Å². The summed E-state index contributed by atoms with van der Waals surface area (Å²) in [6.45, 7) is 0. The Kier molecular flexibility index (Phi) is 7.02. The van der Waals surface area contributed by atoms with Crippen LogP contribution in [0.4, 0.5) is 17.1 Å². The minimum Gasteiger partial charge on any atom is -0.310 e. The molecule has 0 bridgehead atoms. The number of pyridine rings is 1. The highest BCUT2D eigenvalue weighted by Crippen LogP contribution is 2.37. The highest BCUT2D eigenvalue weighted by molar-refractivity contribution is 6.09. The third kappa shape index (κ3) is 5.03. The molecule has 0 unspecified atom stereocenters. The first kappa shape index (κ1) is 28.4. The van der Waals surface area contributed by atoms with E-state index >= 15 is 0 Å². The maximum absolute atomic E-state index is 5.24. The van der Waals surface area contributed by atoms with Crippen LogP contribution >= 0.6 is 0 Å². The van der Waals surface area contributed by atoms with Crippen LogP contribution in [-0.2, 0) is 0 Å². The van der Waals surface area contributed by atoms with Gasteiger partial charge in [0.25, 0.3) is 0 Å². The van der Waals surface area contributed by atoms with E-state index in [0.29, 0.717) is 5.82 Å². The molecule has 0 aliphatic heterocycles. The highest BCUT2D eigenvalue weighted by atomic mass is 15.3. The molecule has 0 atom stereocenters. The van der Waals surface area contributed by atoms with Crippen LogP contribution in [0.5, 0.6) is 0 Å². The van der Waals surface area contributed by atoms with Crippen molar-refractivity contribution < 1.29 is 0 Å².